The van der Waals surface area contributed by atoms with Gasteiger partial charge in [-0.3, -0.25) is 4.79 Å². The van der Waals surface area contributed by atoms with Crippen molar-refractivity contribution in [1.82, 2.24) is 5.32 Å². The van der Waals surface area contributed by atoms with Crippen molar-refractivity contribution in [3.05, 3.63) is 0 Å². The van der Waals surface area contributed by atoms with Gasteiger partial charge in [0.25, 0.3) is 0 Å². The van der Waals surface area contributed by atoms with Gasteiger partial charge < -0.3 is 10.1 Å². The first kappa shape index (κ1) is 17.5. The highest BCUT2D eigenvalue weighted by Gasteiger charge is 2.40. The van der Waals surface area contributed by atoms with Crippen LogP contribution in [0.5, 0.6) is 0 Å². The highest BCUT2D eigenvalue weighted by atomic mass is 16.5. The van der Waals surface area contributed by atoms with Gasteiger partial charge in [-0.2, -0.15) is 5.26 Å². The molecule has 1 rings (SSSR count). The number of rotatable bonds is 5. The third-order valence-corrected chi connectivity index (χ3v) is 4.10. The number of carbonyl (C=O) groups is 2. The number of hydrogen-bond donors (Lipinski definition) is 1. The first-order valence-corrected chi connectivity index (χ1v) is 7.75. The highest BCUT2D eigenvalue weighted by molar-refractivity contribution is 5.89. The summed E-state index contributed by atoms with van der Waals surface area (Å²) in [5, 5.41) is 12.3. The predicted octanol–water partition coefficient (Wildman–Crippen LogP) is 2.55. The first-order chi connectivity index (χ1) is 9.95. The number of esters is 1. The number of carbonyl (C=O) groups excluding carboxylic acids is 2. The Morgan fingerprint density at radius 1 is 1.24 bits per heavy atom. The van der Waals surface area contributed by atoms with E-state index < -0.39 is 17.4 Å². The number of nitriles is 1. The highest BCUT2D eigenvalue weighted by Crippen LogP contribution is 2.35. The molecular formula is C16H26N2O3. The van der Waals surface area contributed by atoms with Gasteiger partial charge in [0.05, 0.1) is 13.2 Å². The van der Waals surface area contributed by atoms with Crippen LogP contribution in [0.3, 0.4) is 0 Å². The van der Waals surface area contributed by atoms with Crippen LogP contribution in [0.15, 0.2) is 0 Å². The van der Waals surface area contributed by atoms with Crippen LogP contribution in [-0.2, 0) is 14.3 Å². The summed E-state index contributed by atoms with van der Waals surface area (Å²) in [5.74, 6) is -0.511. The molecule has 0 spiro atoms. The van der Waals surface area contributed by atoms with E-state index >= 15 is 0 Å². The Labute approximate surface area is 127 Å². The Balaban J connectivity index is 2.83. The minimum Gasteiger partial charge on any atom is -0.467 e. The van der Waals surface area contributed by atoms with Crippen LogP contribution in [0, 0.1) is 22.7 Å². The smallest absolute Gasteiger partial charge is 0.328 e. The van der Waals surface area contributed by atoms with E-state index in [4.69, 9.17) is 4.74 Å². The van der Waals surface area contributed by atoms with Gasteiger partial charge in [-0.05, 0) is 25.2 Å². The second-order valence-corrected chi connectivity index (χ2v) is 6.29. The molecule has 1 N–H and O–H groups in total. The topological polar surface area (TPSA) is 79.2 Å². The van der Waals surface area contributed by atoms with Crippen molar-refractivity contribution in [1.29, 1.82) is 5.26 Å². The van der Waals surface area contributed by atoms with Crippen molar-refractivity contribution in [2.24, 2.45) is 11.3 Å². The zero-order valence-corrected chi connectivity index (χ0v) is 13.3. The lowest BCUT2D eigenvalue weighted by molar-refractivity contribution is -0.146. The van der Waals surface area contributed by atoms with Crippen LogP contribution in [0.4, 0.5) is 0 Å². The van der Waals surface area contributed by atoms with E-state index in [0.29, 0.717) is 19.3 Å². The molecule has 0 aromatic heterocycles. The zero-order chi connectivity index (χ0) is 15.9. The normalized spacial score (nSPS) is 19.2. The minimum absolute atomic E-state index is 0.251. The molecular weight excluding hydrogens is 268 g/mol. The summed E-state index contributed by atoms with van der Waals surface area (Å²) in [7, 11) is 1.31. The van der Waals surface area contributed by atoms with E-state index in [1.807, 2.05) is 13.8 Å². The molecule has 21 heavy (non-hydrogen) atoms. The molecule has 0 saturated heterocycles. The molecule has 0 aliphatic heterocycles. The summed E-state index contributed by atoms with van der Waals surface area (Å²) in [5.41, 5.74) is -0.986. The van der Waals surface area contributed by atoms with Gasteiger partial charge in [0.1, 0.15) is 11.5 Å². The second kappa shape index (κ2) is 8.02. The number of methoxy groups -OCH3 is 1. The molecule has 0 heterocycles. The molecule has 0 aromatic carbocycles. The van der Waals surface area contributed by atoms with E-state index in [1.165, 1.54) is 7.11 Å². The molecule has 0 bridgehead atoms. The number of amides is 1. The molecule has 1 aliphatic rings. The van der Waals surface area contributed by atoms with Crippen LogP contribution in [0.25, 0.3) is 0 Å². The van der Waals surface area contributed by atoms with Crippen LogP contribution in [-0.4, -0.2) is 25.0 Å². The molecule has 0 aromatic rings. The van der Waals surface area contributed by atoms with Crippen molar-refractivity contribution >= 4 is 11.9 Å². The lowest BCUT2D eigenvalue weighted by atomic mass is 9.80. The number of nitrogens with one attached hydrogen (secondary N) is 1. The zero-order valence-electron chi connectivity index (χ0n) is 13.3. The molecule has 0 radical (unpaired) electrons. The first-order valence-electron chi connectivity index (χ1n) is 7.75. The molecule has 1 atom stereocenters. The molecule has 5 heteroatoms. The van der Waals surface area contributed by atoms with E-state index in [0.717, 1.165) is 25.7 Å². The maximum Gasteiger partial charge on any atom is 0.328 e. The minimum atomic E-state index is -0.986. The largest absolute Gasteiger partial charge is 0.467 e. The number of ether oxygens (including phenoxy) is 1. The van der Waals surface area contributed by atoms with Gasteiger partial charge in [0, 0.05) is 0 Å². The van der Waals surface area contributed by atoms with E-state index in [2.05, 4.69) is 11.4 Å². The van der Waals surface area contributed by atoms with Crippen molar-refractivity contribution in [3.63, 3.8) is 0 Å². The SMILES string of the molecule is COC(=O)C(CC(C)C)NC(=O)C1(C#N)CCCCCC1. The lowest BCUT2D eigenvalue weighted by Gasteiger charge is -2.27. The molecule has 5 nitrogen and oxygen atoms in total. The van der Waals surface area contributed by atoms with Crippen LogP contribution < -0.4 is 5.32 Å². The molecule has 1 amide bonds. The number of nitrogens with zero attached hydrogens (tertiary/aromatic N) is 1. The lowest BCUT2D eigenvalue weighted by Crippen LogP contribution is -2.49. The summed E-state index contributed by atoms with van der Waals surface area (Å²) in [4.78, 5) is 24.4. The summed E-state index contributed by atoms with van der Waals surface area (Å²) in [6.07, 6.45) is 5.55. The summed E-state index contributed by atoms with van der Waals surface area (Å²) < 4.78 is 4.76. The second-order valence-electron chi connectivity index (χ2n) is 6.29. The fourth-order valence-electron chi connectivity index (χ4n) is 2.85. The monoisotopic (exact) mass is 294 g/mol. The summed E-state index contributed by atoms with van der Waals surface area (Å²) >= 11 is 0. The number of hydrogen-bond acceptors (Lipinski definition) is 4. The Kier molecular flexibility index (Phi) is 6.67. The van der Waals surface area contributed by atoms with E-state index in [1.54, 1.807) is 0 Å². The molecule has 1 fully saturated rings. The van der Waals surface area contributed by atoms with Crippen molar-refractivity contribution in [2.75, 3.05) is 7.11 Å². The average molecular weight is 294 g/mol. The standard InChI is InChI=1S/C16H26N2O3/c1-12(2)10-13(14(19)21-3)18-15(20)16(11-17)8-6-4-5-7-9-16/h12-13H,4-10H2,1-3H3,(H,18,20). The van der Waals surface area contributed by atoms with Crippen LogP contribution in [0.1, 0.15) is 58.8 Å². The predicted molar refractivity (Wildman–Crippen MR) is 79.1 cm³/mol. The Bertz CT molecular complexity index is 404. The molecule has 1 unspecified atom stereocenters. The summed E-state index contributed by atoms with van der Waals surface area (Å²) in [6, 6.07) is 1.54. The van der Waals surface area contributed by atoms with Crippen LogP contribution in [0.2, 0.25) is 0 Å². The Morgan fingerprint density at radius 2 is 1.81 bits per heavy atom. The van der Waals surface area contributed by atoms with Gasteiger partial charge >= 0.3 is 5.97 Å². The average Bonchev–Trinajstić information content (AvgIpc) is 2.71. The van der Waals surface area contributed by atoms with Crippen molar-refractivity contribution in [3.8, 4) is 6.07 Å². The maximum absolute atomic E-state index is 12.6. The third-order valence-electron chi connectivity index (χ3n) is 4.10. The Morgan fingerprint density at radius 3 is 2.24 bits per heavy atom. The van der Waals surface area contributed by atoms with Gasteiger partial charge in [-0.25, -0.2) is 4.79 Å². The third kappa shape index (κ3) is 4.73. The van der Waals surface area contributed by atoms with Gasteiger partial charge in [-0.15, -0.1) is 0 Å². The Hall–Kier alpha value is -1.57. The fourth-order valence-corrected chi connectivity index (χ4v) is 2.85. The van der Waals surface area contributed by atoms with Crippen molar-refractivity contribution in [2.45, 2.75) is 64.8 Å². The van der Waals surface area contributed by atoms with Gasteiger partial charge in [-0.1, -0.05) is 39.5 Å². The maximum atomic E-state index is 12.6. The van der Waals surface area contributed by atoms with Gasteiger partial charge in [0.15, 0.2) is 0 Å². The van der Waals surface area contributed by atoms with Gasteiger partial charge in [0.2, 0.25) is 5.91 Å². The quantitative estimate of drug-likeness (QED) is 0.624. The molecule has 1 saturated carbocycles. The molecule has 118 valence electrons. The molecule has 1 aliphatic carbocycles. The van der Waals surface area contributed by atoms with Crippen molar-refractivity contribution < 1.29 is 14.3 Å². The fraction of sp³-hybridized carbons (Fsp3) is 0.812. The van der Waals surface area contributed by atoms with E-state index in [-0.39, 0.29) is 11.8 Å². The summed E-state index contributed by atoms with van der Waals surface area (Å²) in [6.45, 7) is 3.96. The van der Waals surface area contributed by atoms with E-state index in [9.17, 15) is 14.9 Å². The van der Waals surface area contributed by atoms with Crippen LogP contribution >= 0.6 is 0 Å².